The van der Waals surface area contributed by atoms with Gasteiger partial charge in [-0.2, -0.15) is 18.3 Å². The van der Waals surface area contributed by atoms with E-state index in [1.807, 2.05) is 0 Å². The van der Waals surface area contributed by atoms with Gasteiger partial charge in [0.15, 0.2) is 0 Å². The van der Waals surface area contributed by atoms with Crippen molar-refractivity contribution in [1.82, 2.24) is 14.8 Å². The number of hydrogen-bond donors (Lipinski definition) is 1. The standard InChI is InChI=1S/C10H9F3N4/c1-17-6-8(5-15-17)16-7-2-3-14-9(4-7)10(11,12)13/h2-6H,1H3,(H,14,16). The molecule has 4 nitrogen and oxygen atoms in total. The normalized spacial score (nSPS) is 11.5. The molecule has 0 aliphatic carbocycles. The van der Waals surface area contributed by atoms with Crippen molar-refractivity contribution in [3.63, 3.8) is 0 Å². The summed E-state index contributed by atoms with van der Waals surface area (Å²) in [6.45, 7) is 0. The molecule has 90 valence electrons. The fourth-order valence-corrected chi connectivity index (χ4v) is 1.32. The predicted octanol–water partition coefficient (Wildman–Crippen LogP) is 2.58. The zero-order valence-corrected chi connectivity index (χ0v) is 8.86. The summed E-state index contributed by atoms with van der Waals surface area (Å²) in [6.07, 6.45) is -0.143. The molecule has 0 atom stereocenters. The molecule has 7 heteroatoms. The lowest BCUT2D eigenvalue weighted by Gasteiger charge is -2.08. The summed E-state index contributed by atoms with van der Waals surface area (Å²) < 4.78 is 38.8. The Bertz CT molecular complexity index is 518. The average molecular weight is 242 g/mol. The highest BCUT2D eigenvalue weighted by molar-refractivity contribution is 5.57. The average Bonchev–Trinajstić information content (AvgIpc) is 2.63. The zero-order chi connectivity index (χ0) is 12.5. The summed E-state index contributed by atoms with van der Waals surface area (Å²) in [5.74, 6) is 0. The lowest BCUT2D eigenvalue weighted by atomic mass is 10.3. The predicted molar refractivity (Wildman–Crippen MR) is 55.7 cm³/mol. The van der Waals surface area contributed by atoms with Gasteiger partial charge in [0.2, 0.25) is 0 Å². The molecule has 0 unspecified atom stereocenters. The number of anilines is 2. The largest absolute Gasteiger partial charge is 0.433 e. The van der Waals surface area contributed by atoms with Crippen LogP contribution in [0, 0.1) is 0 Å². The maximum atomic E-state index is 12.4. The Morgan fingerprint density at radius 3 is 2.65 bits per heavy atom. The van der Waals surface area contributed by atoms with Crippen LogP contribution in [0.1, 0.15) is 5.69 Å². The van der Waals surface area contributed by atoms with Crippen LogP contribution in [0.2, 0.25) is 0 Å². The second kappa shape index (κ2) is 4.08. The summed E-state index contributed by atoms with van der Waals surface area (Å²) in [7, 11) is 1.72. The van der Waals surface area contributed by atoms with Crippen LogP contribution >= 0.6 is 0 Å². The highest BCUT2D eigenvalue weighted by atomic mass is 19.4. The molecule has 0 saturated heterocycles. The number of pyridine rings is 1. The first-order valence-electron chi connectivity index (χ1n) is 4.74. The molecular formula is C10H9F3N4. The molecule has 0 fully saturated rings. The van der Waals surface area contributed by atoms with E-state index in [0.29, 0.717) is 11.4 Å². The Kier molecular flexibility index (Phi) is 2.74. The van der Waals surface area contributed by atoms with Crippen molar-refractivity contribution in [3.05, 3.63) is 36.4 Å². The van der Waals surface area contributed by atoms with E-state index < -0.39 is 11.9 Å². The third-order valence-electron chi connectivity index (χ3n) is 2.04. The third-order valence-corrected chi connectivity index (χ3v) is 2.04. The maximum absolute atomic E-state index is 12.4. The van der Waals surface area contributed by atoms with Crippen LogP contribution in [0.25, 0.3) is 0 Å². The molecule has 2 aromatic rings. The molecule has 17 heavy (non-hydrogen) atoms. The van der Waals surface area contributed by atoms with Gasteiger partial charge in [-0.05, 0) is 12.1 Å². The highest BCUT2D eigenvalue weighted by Gasteiger charge is 2.32. The van der Waals surface area contributed by atoms with Gasteiger partial charge in [0.05, 0.1) is 11.9 Å². The highest BCUT2D eigenvalue weighted by Crippen LogP contribution is 2.29. The van der Waals surface area contributed by atoms with Crippen LogP contribution in [0.5, 0.6) is 0 Å². The summed E-state index contributed by atoms with van der Waals surface area (Å²) in [5, 5.41) is 6.71. The Balaban J connectivity index is 2.22. The van der Waals surface area contributed by atoms with Gasteiger partial charge in [-0.1, -0.05) is 0 Å². The van der Waals surface area contributed by atoms with E-state index in [2.05, 4.69) is 15.4 Å². The smallest absolute Gasteiger partial charge is 0.353 e. The molecule has 0 aliphatic rings. The molecule has 2 aromatic heterocycles. The monoisotopic (exact) mass is 242 g/mol. The van der Waals surface area contributed by atoms with E-state index in [0.717, 1.165) is 12.3 Å². The van der Waals surface area contributed by atoms with Crippen molar-refractivity contribution in [2.24, 2.45) is 7.05 Å². The molecule has 0 saturated carbocycles. The fraction of sp³-hybridized carbons (Fsp3) is 0.200. The van der Waals surface area contributed by atoms with Crippen LogP contribution in [-0.4, -0.2) is 14.8 Å². The van der Waals surface area contributed by atoms with E-state index in [1.54, 1.807) is 17.9 Å². The fourth-order valence-electron chi connectivity index (χ4n) is 1.32. The summed E-state index contributed by atoms with van der Waals surface area (Å²) in [5.41, 5.74) is 0.0125. The van der Waals surface area contributed by atoms with Crippen LogP contribution in [0.3, 0.4) is 0 Å². The molecule has 0 amide bonds. The Labute approximate surface area is 95.1 Å². The molecule has 0 aromatic carbocycles. The van der Waals surface area contributed by atoms with E-state index >= 15 is 0 Å². The summed E-state index contributed by atoms with van der Waals surface area (Å²) in [6, 6.07) is 2.41. The van der Waals surface area contributed by atoms with Gasteiger partial charge in [-0.15, -0.1) is 0 Å². The van der Waals surface area contributed by atoms with Crippen LogP contribution in [0.15, 0.2) is 30.7 Å². The van der Waals surface area contributed by atoms with Gasteiger partial charge in [0.25, 0.3) is 0 Å². The number of aromatic nitrogens is 3. The first-order chi connectivity index (χ1) is 7.95. The second-order valence-electron chi connectivity index (χ2n) is 3.46. The van der Waals surface area contributed by atoms with Gasteiger partial charge < -0.3 is 5.32 Å². The topological polar surface area (TPSA) is 42.7 Å². The van der Waals surface area contributed by atoms with Crippen molar-refractivity contribution in [1.29, 1.82) is 0 Å². The number of hydrogen-bond acceptors (Lipinski definition) is 3. The van der Waals surface area contributed by atoms with Gasteiger partial charge >= 0.3 is 6.18 Å². The number of alkyl halides is 3. The quantitative estimate of drug-likeness (QED) is 0.880. The van der Waals surface area contributed by atoms with Gasteiger partial charge in [-0.3, -0.25) is 9.67 Å². The molecule has 1 N–H and O–H groups in total. The number of rotatable bonds is 2. The van der Waals surface area contributed by atoms with Crippen LogP contribution in [0.4, 0.5) is 24.5 Å². The SMILES string of the molecule is Cn1cc(Nc2ccnc(C(F)(F)F)c2)cn1. The number of nitrogens with one attached hydrogen (secondary N) is 1. The second-order valence-corrected chi connectivity index (χ2v) is 3.46. The van der Waals surface area contributed by atoms with Gasteiger partial charge in [0, 0.05) is 25.1 Å². The molecule has 0 bridgehead atoms. The van der Waals surface area contributed by atoms with Crippen molar-refractivity contribution in [2.75, 3.05) is 5.32 Å². The Hall–Kier alpha value is -2.05. The van der Waals surface area contributed by atoms with Crippen molar-refractivity contribution < 1.29 is 13.2 Å². The van der Waals surface area contributed by atoms with E-state index in [-0.39, 0.29) is 0 Å². The molecule has 0 spiro atoms. The molecule has 0 radical (unpaired) electrons. The van der Waals surface area contributed by atoms with Crippen molar-refractivity contribution in [2.45, 2.75) is 6.18 Å². The minimum Gasteiger partial charge on any atom is -0.353 e. The first-order valence-corrected chi connectivity index (χ1v) is 4.74. The lowest BCUT2D eigenvalue weighted by molar-refractivity contribution is -0.141. The van der Waals surface area contributed by atoms with Gasteiger partial charge in [0.1, 0.15) is 5.69 Å². The third kappa shape index (κ3) is 2.74. The van der Waals surface area contributed by atoms with Crippen molar-refractivity contribution >= 4 is 11.4 Å². The zero-order valence-electron chi connectivity index (χ0n) is 8.86. The molecule has 2 rings (SSSR count). The van der Waals surface area contributed by atoms with Crippen molar-refractivity contribution in [3.8, 4) is 0 Å². The summed E-state index contributed by atoms with van der Waals surface area (Å²) in [4.78, 5) is 3.27. The van der Waals surface area contributed by atoms with Crippen LogP contribution in [-0.2, 0) is 13.2 Å². The number of halogens is 3. The maximum Gasteiger partial charge on any atom is 0.433 e. The van der Waals surface area contributed by atoms with E-state index in [9.17, 15) is 13.2 Å². The van der Waals surface area contributed by atoms with E-state index in [1.165, 1.54) is 12.3 Å². The first kappa shape index (κ1) is 11.4. The Morgan fingerprint density at radius 2 is 2.06 bits per heavy atom. The minimum absolute atomic E-state index is 0.320. The number of aryl methyl sites for hydroxylation is 1. The Morgan fingerprint density at radius 1 is 1.29 bits per heavy atom. The molecular weight excluding hydrogens is 233 g/mol. The minimum atomic E-state index is -4.44. The summed E-state index contributed by atoms with van der Waals surface area (Å²) >= 11 is 0. The van der Waals surface area contributed by atoms with Gasteiger partial charge in [-0.25, -0.2) is 0 Å². The van der Waals surface area contributed by atoms with Crippen LogP contribution < -0.4 is 5.32 Å². The molecule has 0 aliphatic heterocycles. The number of nitrogens with zero attached hydrogens (tertiary/aromatic N) is 3. The van der Waals surface area contributed by atoms with E-state index in [4.69, 9.17) is 0 Å². The molecule has 2 heterocycles. The lowest BCUT2D eigenvalue weighted by Crippen LogP contribution is -2.07.